The Balaban J connectivity index is 2.08. The second kappa shape index (κ2) is 8.03. The van der Waals surface area contributed by atoms with Crippen molar-refractivity contribution in [2.45, 2.75) is 24.8 Å². The number of pyridine rings is 1. The highest BCUT2D eigenvalue weighted by Crippen LogP contribution is 2.14. The van der Waals surface area contributed by atoms with Crippen molar-refractivity contribution in [3.63, 3.8) is 0 Å². The van der Waals surface area contributed by atoms with E-state index in [0.717, 1.165) is 5.56 Å². The first-order chi connectivity index (χ1) is 11.4. The van der Waals surface area contributed by atoms with E-state index < -0.39 is 9.84 Å². The number of carbonyl (C=O) groups excluding carboxylic acids is 1. The van der Waals surface area contributed by atoms with Crippen LogP contribution in [0.2, 0.25) is 0 Å². The molecule has 1 heterocycles. The zero-order chi connectivity index (χ0) is 17.6. The van der Waals surface area contributed by atoms with Gasteiger partial charge >= 0.3 is 0 Å². The molecule has 0 saturated carbocycles. The molecule has 0 radical (unpaired) electrons. The summed E-state index contributed by atoms with van der Waals surface area (Å²) in [6.07, 6.45) is 1.67. The molecule has 0 aliphatic rings. The van der Waals surface area contributed by atoms with Crippen LogP contribution >= 0.6 is 0 Å². The minimum Gasteiger partial charge on any atom is -0.380 e. The molecule has 0 bridgehead atoms. The molecule has 0 fully saturated rings. The standard InChI is InChI=1S/C17H20N2O4S/c1-3-24(21,22)15-6-4-5-13(9-15)11-17(20)19-16-10-14(12-23-2)7-8-18-16/h4-10H,3,11-12H2,1-2H3,(H,18,19,20). The number of anilines is 1. The molecule has 0 unspecified atom stereocenters. The quantitative estimate of drug-likeness (QED) is 0.829. The van der Waals surface area contributed by atoms with Gasteiger partial charge in [-0.1, -0.05) is 19.1 Å². The third-order valence-electron chi connectivity index (χ3n) is 3.41. The second-order valence-electron chi connectivity index (χ2n) is 5.26. The molecular formula is C17H20N2O4S. The summed E-state index contributed by atoms with van der Waals surface area (Å²) >= 11 is 0. The maximum atomic E-state index is 12.1. The number of hydrogen-bond acceptors (Lipinski definition) is 5. The molecule has 1 amide bonds. The Hall–Kier alpha value is -2.25. The molecule has 0 aliphatic heterocycles. The van der Waals surface area contributed by atoms with Crippen LogP contribution in [-0.4, -0.2) is 32.2 Å². The highest BCUT2D eigenvalue weighted by molar-refractivity contribution is 7.91. The number of ether oxygens (including phenoxy) is 1. The van der Waals surface area contributed by atoms with E-state index in [0.29, 0.717) is 18.0 Å². The van der Waals surface area contributed by atoms with Gasteiger partial charge in [-0.3, -0.25) is 4.79 Å². The van der Waals surface area contributed by atoms with E-state index in [1.54, 1.807) is 44.5 Å². The van der Waals surface area contributed by atoms with Crippen molar-refractivity contribution in [1.82, 2.24) is 4.98 Å². The van der Waals surface area contributed by atoms with E-state index in [2.05, 4.69) is 10.3 Å². The first-order valence-corrected chi connectivity index (χ1v) is 9.15. The Morgan fingerprint density at radius 3 is 2.71 bits per heavy atom. The summed E-state index contributed by atoms with van der Waals surface area (Å²) in [7, 11) is -1.69. The molecule has 0 saturated heterocycles. The normalized spacial score (nSPS) is 11.2. The average Bonchev–Trinajstić information content (AvgIpc) is 2.55. The van der Waals surface area contributed by atoms with Crippen molar-refractivity contribution in [2.75, 3.05) is 18.2 Å². The van der Waals surface area contributed by atoms with E-state index >= 15 is 0 Å². The smallest absolute Gasteiger partial charge is 0.229 e. The molecule has 1 N–H and O–H groups in total. The van der Waals surface area contributed by atoms with E-state index in [9.17, 15) is 13.2 Å². The Kier molecular flexibility index (Phi) is 6.05. The lowest BCUT2D eigenvalue weighted by atomic mass is 10.1. The number of hydrogen-bond donors (Lipinski definition) is 1. The molecule has 0 spiro atoms. The number of nitrogens with zero attached hydrogens (tertiary/aromatic N) is 1. The van der Waals surface area contributed by atoms with Gasteiger partial charge in [0.25, 0.3) is 0 Å². The van der Waals surface area contributed by atoms with Gasteiger partial charge in [0.05, 0.1) is 23.7 Å². The zero-order valence-electron chi connectivity index (χ0n) is 13.7. The molecular weight excluding hydrogens is 328 g/mol. The highest BCUT2D eigenvalue weighted by Gasteiger charge is 2.13. The first kappa shape index (κ1) is 18.1. The van der Waals surface area contributed by atoms with Crippen LogP contribution in [0.3, 0.4) is 0 Å². The molecule has 2 rings (SSSR count). The van der Waals surface area contributed by atoms with Gasteiger partial charge in [-0.05, 0) is 35.4 Å². The third kappa shape index (κ3) is 4.87. The van der Waals surface area contributed by atoms with Crippen LogP contribution in [0.4, 0.5) is 5.82 Å². The minimum absolute atomic E-state index is 0.0266. The summed E-state index contributed by atoms with van der Waals surface area (Å²) in [5.74, 6) is 0.203. The number of methoxy groups -OCH3 is 1. The van der Waals surface area contributed by atoms with Gasteiger partial charge < -0.3 is 10.1 Å². The number of sulfone groups is 1. The van der Waals surface area contributed by atoms with Gasteiger partial charge in [0.15, 0.2) is 9.84 Å². The van der Waals surface area contributed by atoms with Crippen molar-refractivity contribution in [3.8, 4) is 0 Å². The number of amides is 1. The summed E-state index contributed by atoms with van der Waals surface area (Å²) in [6, 6.07) is 9.98. The van der Waals surface area contributed by atoms with Gasteiger partial charge in [-0.15, -0.1) is 0 Å². The fourth-order valence-corrected chi connectivity index (χ4v) is 3.14. The van der Waals surface area contributed by atoms with Crippen molar-refractivity contribution in [1.29, 1.82) is 0 Å². The minimum atomic E-state index is -3.29. The summed E-state index contributed by atoms with van der Waals surface area (Å²) in [6.45, 7) is 2.02. The van der Waals surface area contributed by atoms with Crippen LogP contribution < -0.4 is 5.32 Å². The van der Waals surface area contributed by atoms with Gasteiger partial charge in [0, 0.05) is 13.3 Å². The first-order valence-electron chi connectivity index (χ1n) is 7.50. The molecule has 1 aromatic carbocycles. The molecule has 7 heteroatoms. The largest absolute Gasteiger partial charge is 0.380 e. The molecule has 24 heavy (non-hydrogen) atoms. The number of carbonyl (C=O) groups is 1. The van der Waals surface area contributed by atoms with Crippen molar-refractivity contribution in [3.05, 3.63) is 53.7 Å². The highest BCUT2D eigenvalue weighted by atomic mass is 32.2. The van der Waals surface area contributed by atoms with Gasteiger partial charge in [0.2, 0.25) is 5.91 Å². The van der Waals surface area contributed by atoms with Crippen LogP contribution in [0.5, 0.6) is 0 Å². The van der Waals surface area contributed by atoms with E-state index in [1.807, 2.05) is 0 Å². The summed E-state index contributed by atoms with van der Waals surface area (Å²) in [4.78, 5) is 16.5. The van der Waals surface area contributed by atoms with Gasteiger partial charge in [0.1, 0.15) is 5.82 Å². The topological polar surface area (TPSA) is 85.4 Å². The number of benzene rings is 1. The van der Waals surface area contributed by atoms with Crippen molar-refractivity contribution >= 4 is 21.6 Å². The maximum Gasteiger partial charge on any atom is 0.229 e. The third-order valence-corrected chi connectivity index (χ3v) is 5.14. The number of nitrogens with one attached hydrogen (secondary N) is 1. The Morgan fingerprint density at radius 2 is 2.00 bits per heavy atom. The van der Waals surface area contributed by atoms with Crippen molar-refractivity contribution < 1.29 is 17.9 Å². The van der Waals surface area contributed by atoms with E-state index in [1.165, 1.54) is 12.1 Å². The molecule has 0 atom stereocenters. The van der Waals surface area contributed by atoms with Crippen LogP contribution in [-0.2, 0) is 32.4 Å². The second-order valence-corrected chi connectivity index (χ2v) is 7.54. The monoisotopic (exact) mass is 348 g/mol. The van der Waals surface area contributed by atoms with Crippen LogP contribution in [0.1, 0.15) is 18.1 Å². The van der Waals surface area contributed by atoms with Gasteiger partial charge in [-0.25, -0.2) is 13.4 Å². The lowest BCUT2D eigenvalue weighted by Gasteiger charge is -2.08. The SMILES string of the molecule is CCS(=O)(=O)c1cccc(CC(=O)Nc2cc(COC)ccn2)c1. The summed E-state index contributed by atoms with van der Waals surface area (Å²) < 4.78 is 28.9. The van der Waals surface area contributed by atoms with E-state index in [-0.39, 0.29) is 23.0 Å². The molecule has 1 aromatic heterocycles. The maximum absolute atomic E-state index is 12.1. The Labute approximate surface area is 141 Å². The summed E-state index contributed by atoms with van der Waals surface area (Å²) in [5.41, 5.74) is 1.54. The average molecular weight is 348 g/mol. The van der Waals surface area contributed by atoms with E-state index in [4.69, 9.17) is 4.74 Å². The molecule has 2 aromatic rings. The summed E-state index contributed by atoms with van der Waals surface area (Å²) in [5, 5.41) is 2.71. The van der Waals surface area contributed by atoms with Crippen LogP contribution in [0, 0.1) is 0 Å². The molecule has 0 aliphatic carbocycles. The Morgan fingerprint density at radius 1 is 1.21 bits per heavy atom. The zero-order valence-corrected chi connectivity index (χ0v) is 14.5. The van der Waals surface area contributed by atoms with Gasteiger partial charge in [-0.2, -0.15) is 0 Å². The fourth-order valence-electron chi connectivity index (χ4n) is 2.19. The molecule has 6 nitrogen and oxygen atoms in total. The van der Waals surface area contributed by atoms with Crippen LogP contribution in [0.15, 0.2) is 47.5 Å². The number of rotatable bonds is 7. The number of aromatic nitrogens is 1. The lowest BCUT2D eigenvalue weighted by Crippen LogP contribution is -2.16. The predicted octanol–water partition coefficient (Wildman–Crippen LogP) is 2.20. The fraction of sp³-hybridized carbons (Fsp3) is 0.294. The predicted molar refractivity (Wildman–Crippen MR) is 91.5 cm³/mol. The lowest BCUT2D eigenvalue weighted by molar-refractivity contribution is -0.115. The van der Waals surface area contributed by atoms with Crippen LogP contribution in [0.25, 0.3) is 0 Å². The molecule has 128 valence electrons. The Bertz CT molecular complexity index is 819. The van der Waals surface area contributed by atoms with Crippen molar-refractivity contribution in [2.24, 2.45) is 0 Å².